The number of hydrogen-bond acceptors (Lipinski definition) is 3. The van der Waals surface area contributed by atoms with E-state index in [4.69, 9.17) is 4.74 Å². The third-order valence-electron chi connectivity index (χ3n) is 3.12. The molecule has 0 aliphatic heterocycles. The summed E-state index contributed by atoms with van der Waals surface area (Å²) in [5, 5.41) is 12.4. The molecule has 1 aromatic rings. The highest BCUT2D eigenvalue weighted by Crippen LogP contribution is 2.26. The van der Waals surface area contributed by atoms with Gasteiger partial charge in [0.2, 0.25) is 0 Å². The number of hydrogen-bond donors (Lipinski definition) is 2. The van der Waals surface area contributed by atoms with E-state index in [1.807, 2.05) is 0 Å². The minimum atomic E-state index is -4.41. The molecule has 1 aromatic carbocycles. The van der Waals surface area contributed by atoms with Crippen LogP contribution in [-0.2, 0) is 10.3 Å². The summed E-state index contributed by atoms with van der Waals surface area (Å²) in [5.74, 6) is 0. The van der Waals surface area contributed by atoms with Crippen molar-refractivity contribution in [2.24, 2.45) is 0 Å². The number of halogens is 3. The van der Waals surface area contributed by atoms with E-state index in [0.29, 0.717) is 5.56 Å². The van der Waals surface area contributed by atoms with Crippen molar-refractivity contribution < 1.29 is 23.0 Å². The van der Waals surface area contributed by atoms with E-state index >= 15 is 0 Å². The Morgan fingerprint density at radius 1 is 1.26 bits per heavy atom. The van der Waals surface area contributed by atoms with Crippen LogP contribution in [0.15, 0.2) is 30.3 Å². The van der Waals surface area contributed by atoms with Crippen molar-refractivity contribution in [1.82, 2.24) is 5.32 Å². The Bertz CT molecular complexity index is 377. The van der Waals surface area contributed by atoms with Gasteiger partial charge in [-0.1, -0.05) is 30.3 Å². The number of aliphatic hydroxyl groups is 1. The molecule has 6 heteroatoms. The van der Waals surface area contributed by atoms with Gasteiger partial charge in [-0.25, -0.2) is 0 Å². The summed E-state index contributed by atoms with van der Waals surface area (Å²) in [6, 6.07) is 8.76. The van der Waals surface area contributed by atoms with Gasteiger partial charge in [0.25, 0.3) is 0 Å². The maximum absolute atomic E-state index is 12.4. The topological polar surface area (TPSA) is 41.5 Å². The molecule has 1 rings (SSSR count). The predicted octanol–water partition coefficient (Wildman–Crippen LogP) is 2.06. The first-order chi connectivity index (χ1) is 8.85. The van der Waals surface area contributed by atoms with Crippen molar-refractivity contribution in [1.29, 1.82) is 0 Å². The smallest absolute Gasteiger partial charge is 0.394 e. The van der Waals surface area contributed by atoms with Gasteiger partial charge in [-0.2, -0.15) is 13.2 Å². The molecule has 108 valence electrons. The summed E-state index contributed by atoms with van der Waals surface area (Å²) in [4.78, 5) is 0. The molecule has 0 fully saturated rings. The van der Waals surface area contributed by atoms with E-state index in [2.05, 4.69) is 5.32 Å². The standard InChI is InChI=1S/C13H18F3NO2/c1-10(13(14,15)16)19-9-12(8-18,17-2)11-6-4-3-5-7-11/h3-7,10,17-18H,8-9H2,1-2H3. The summed E-state index contributed by atoms with van der Waals surface area (Å²) in [7, 11) is 1.57. The molecule has 2 N–H and O–H groups in total. The van der Waals surface area contributed by atoms with Gasteiger partial charge in [0, 0.05) is 0 Å². The molecule has 0 spiro atoms. The summed E-state index contributed by atoms with van der Waals surface area (Å²) in [6.07, 6.45) is -6.29. The third-order valence-corrected chi connectivity index (χ3v) is 3.12. The molecule has 0 radical (unpaired) electrons. The number of nitrogens with one attached hydrogen (secondary N) is 1. The van der Waals surface area contributed by atoms with Gasteiger partial charge < -0.3 is 15.2 Å². The average Bonchev–Trinajstić information content (AvgIpc) is 2.40. The number of aliphatic hydroxyl groups excluding tert-OH is 1. The van der Waals surface area contributed by atoms with Crippen molar-refractivity contribution in [3.63, 3.8) is 0 Å². The van der Waals surface area contributed by atoms with Crippen molar-refractivity contribution in [3.8, 4) is 0 Å². The minimum absolute atomic E-state index is 0.273. The first-order valence-electron chi connectivity index (χ1n) is 5.89. The monoisotopic (exact) mass is 277 g/mol. The molecule has 0 aliphatic rings. The first-order valence-corrected chi connectivity index (χ1v) is 5.89. The van der Waals surface area contributed by atoms with E-state index in [1.54, 1.807) is 37.4 Å². The molecule has 0 saturated heterocycles. The molecule has 0 aromatic heterocycles. The van der Waals surface area contributed by atoms with Gasteiger partial charge in [-0.05, 0) is 19.5 Å². The Morgan fingerprint density at radius 3 is 2.26 bits per heavy atom. The van der Waals surface area contributed by atoms with Crippen LogP contribution in [0.5, 0.6) is 0 Å². The highest BCUT2D eigenvalue weighted by Gasteiger charge is 2.39. The summed E-state index contributed by atoms with van der Waals surface area (Å²) in [6.45, 7) is 0.311. The Balaban J connectivity index is 2.84. The maximum atomic E-state index is 12.4. The van der Waals surface area contributed by atoms with Crippen LogP contribution in [0.3, 0.4) is 0 Å². The van der Waals surface area contributed by atoms with Gasteiger partial charge in [-0.15, -0.1) is 0 Å². The number of rotatable bonds is 6. The normalized spacial score (nSPS) is 16.9. The molecule has 0 heterocycles. The zero-order chi connectivity index (χ0) is 14.5. The number of alkyl halides is 3. The van der Waals surface area contributed by atoms with Crippen LogP contribution in [-0.4, -0.2) is 37.6 Å². The highest BCUT2D eigenvalue weighted by molar-refractivity contribution is 5.24. The van der Waals surface area contributed by atoms with Gasteiger partial charge in [0.1, 0.15) is 0 Å². The Morgan fingerprint density at radius 2 is 1.84 bits per heavy atom. The van der Waals surface area contributed by atoms with E-state index < -0.39 is 17.8 Å². The van der Waals surface area contributed by atoms with Crippen LogP contribution in [0.2, 0.25) is 0 Å². The molecular weight excluding hydrogens is 259 g/mol. The van der Waals surface area contributed by atoms with E-state index in [0.717, 1.165) is 6.92 Å². The largest absolute Gasteiger partial charge is 0.414 e. The van der Waals surface area contributed by atoms with Crippen LogP contribution in [0.25, 0.3) is 0 Å². The van der Waals surface area contributed by atoms with Crippen molar-refractivity contribution in [2.75, 3.05) is 20.3 Å². The Labute approximate surface area is 110 Å². The van der Waals surface area contributed by atoms with Gasteiger partial charge >= 0.3 is 6.18 Å². The first kappa shape index (κ1) is 15.9. The molecule has 2 unspecified atom stereocenters. The Kier molecular flexibility index (Phi) is 5.34. The highest BCUT2D eigenvalue weighted by atomic mass is 19.4. The number of benzene rings is 1. The average molecular weight is 277 g/mol. The van der Waals surface area contributed by atoms with Crippen LogP contribution < -0.4 is 5.32 Å². The van der Waals surface area contributed by atoms with E-state index in [-0.39, 0.29) is 13.2 Å². The fourth-order valence-electron chi connectivity index (χ4n) is 1.63. The van der Waals surface area contributed by atoms with Gasteiger partial charge in [0.15, 0.2) is 6.10 Å². The molecule has 0 saturated carbocycles. The quantitative estimate of drug-likeness (QED) is 0.836. The molecular formula is C13H18F3NO2. The van der Waals surface area contributed by atoms with Crippen LogP contribution in [0.1, 0.15) is 12.5 Å². The molecule has 0 bridgehead atoms. The zero-order valence-corrected chi connectivity index (χ0v) is 10.9. The maximum Gasteiger partial charge on any atom is 0.414 e. The van der Waals surface area contributed by atoms with Crippen molar-refractivity contribution in [3.05, 3.63) is 35.9 Å². The fourth-order valence-corrected chi connectivity index (χ4v) is 1.63. The van der Waals surface area contributed by atoms with Gasteiger partial charge in [-0.3, -0.25) is 0 Å². The summed E-state index contributed by atoms with van der Waals surface area (Å²) >= 11 is 0. The molecule has 3 nitrogen and oxygen atoms in total. The second-order valence-electron chi connectivity index (χ2n) is 4.35. The van der Waals surface area contributed by atoms with E-state index in [1.165, 1.54) is 0 Å². The lowest BCUT2D eigenvalue weighted by Crippen LogP contribution is -2.49. The Hall–Kier alpha value is -1.11. The van der Waals surface area contributed by atoms with E-state index in [9.17, 15) is 18.3 Å². The number of likely N-dealkylation sites (N-methyl/N-ethyl adjacent to an activating group) is 1. The molecule has 0 aliphatic carbocycles. The lowest BCUT2D eigenvalue weighted by Gasteiger charge is -2.33. The lowest BCUT2D eigenvalue weighted by molar-refractivity contribution is -0.220. The van der Waals surface area contributed by atoms with Crippen LogP contribution in [0, 0.1) is 0 Å². The number of ether oxygens (including phenoxy) is 1. The van der Waals surface area contributed by atoms with Crippen LogP contribution >= 0.6 is 0 Å². The summed E-state index contributed by atoms with van der Waals surface area (Å²) in [5.41, 5.74) is -0.366. The molecule has 0 amide bonds. The second kappa shape index (κ2) is 6.36. The van der Waals surface area contributed by atoms with Gasteiger partial charge in [0.05, 0.1) is 18.8 Å². The molecule has 19 heavy (non-hydrogen) atoms. The SMILES string of the molecule is CNC(CO)(COC(C)C(F)(F)F)c1ccccc1. The van der Waals surface area contributed by atoms with Crippen molar-refractivity contribution >= 4 is 0 Å². The van der Waals surface area contributed by atoms with Crippen molar-refractivity contribution in [2.45, 2.75) is 24.7 Å². The third kappa shape index (κ3) is 3.92. The predicted molar refractivity (Wildman–Crippen MR) is 65.7 cm³/mol. The lowest BCUT2D eigenvalue weighted by atomic mass is 9.91. The fraction of sp³-hybridized carbons (Fsp3) is 0.538. The second-order valence-corrected chi connectivity index (χ2v) is 4.35. The zero-order valence-electron chi connectivity index (χ0n) is 10.9. The summed E-state index contributed by atoms with van der Waals surface area (Å²) < 4.78 is 42.1. The molecule has 2 atom stereocenters. The van der Waals surface area contributed by atoms with Crippen LogP contribution in [0.4, 0.5) is 13.2 Å². The minimum Gasteiger partial charge on any atom is -0.394 e.